The largest absolute Gasteiger partial charge is 0.465 e. The molecule has 6 heteroatoms. The zero-order chi connectivity index (χ0) is 12.8. The van der Waals surface area contributed by atoms with Gasteiger partial charge in [0.25, 0.3) is 0 Å². The number of halogens is 2. The minimum absolute atomic E-state index is 0.143. The number of carbonyl (C=O) groups is 1. The van der Waals surface area contributed by atoms with Gasteiger partial charge in [-0.1, -0.05) is 6.07 Å². The lowest BCUT2D eigenvalue weighted by atomic mass is 10.1. The van der Waals surface area contributed by atoms with Crippen molar-refractivity contribution in [2.24, 2.45) is 0 Å². The van der Waals surface area contributed by atoms with E-state index in [1.54, 1.807) is 12.1 Å². The molecule has 1 aromatic carbocycles. The molecule has 0 radical (unpaired) electrons. The molecule has 1 atom stereocenters. The van der Waals surface area contributed by atoms with Crippen LogP contribution in [0.3, 0.4) is 0 Å². The molecule has 4 nitrogen and oxygen atoms in total. The van der Waals surface area contributed by atoms with Crippen LogP contribution in [0.2, 0.25) is 0 Å². The molecule has 0 spiro atoms. The molecular formula is C11H13ClINO3. The van der Waals surface area contributed by atoms with Gasteiger partial charge in [-0.05, 0) is 34.7 Å². The Balaban J connectivity index is 2.92. The molecule has 0 saturated heterocycles. The molecule has 1 aromatic rings. The summed E-state index contributed by atoms with van der Waals surface area (Å²) in [7, 11) is 1.33. The van der Waals surface area contributed by atoms with E-state index in [1.807, 2.05) is 6.07 Å². The van der Waals surface area contributed by atoms with Crippen LogP contribution in [0.25, 0.3) is 0 Å². The van der Waals surface area contributed by atoms with Crippen molar-refractivity contribution in [2.75, 3.05) is 24.9 Å². The number of benzene rings is 1. The van der Waals surface area contributed by atoms with Crippen molar-refractivity contribution in [3.63, 3.8) is 0 Å². The maximum absolute atomic E-state index is 11.5. The predicted octanol–water partition coefficient (Wildman–Crippen LogP) is 2.09. The molecule has 0 bridgehead atoms. The van der Waals surface area contributed by atoms with E-state index in [2.05, 4.69) is 27.9 Å². The van der Waals surface area contributed by atoms with Gasteiger partial charge in [0.1, 0.15) is 0 Å². The van der Waals surface area contributed by atoms with Crippen molar-refractivity contribution < 1.29 is 14.6 Å². The van der Waals surface area contributed by atoms with Crippen molar-refractivity contribution in [1.82, 2.24) is 0 Å². The molecule has 0 aliphatic heterocycles. The van der Waals surface area contributed by atoms with Gasteiger partial charge in [0.2, 0.25) is 0 Å². The molecule has 0 amide bonds. The summed E-state index contributed by atoms with van der Waals surface area (Å²) in [5, 5.41) is 12.4. The highest BCUT2D eigenvalue weighted by molar-refractivity contribution is 14.1. The number of ether oxygens (including phenoxy) is 1. The molecule has 0 aliphatic rings. The van der Waals surface area contributed by atoms with Crippen molar-refractivity contribution >= 4 is 45.8 Å². The van der Waals surface area contributed by atoms with Crippen LogP contribution in [0.5, 0.6) is 0 Å². The van der Waals surface area contributed by atoms with Gasteiger partial charge in [0.05, 0.1) is 30.3 Å². The highest BCUT2D eigenvalue weighted by atomic mass is 127. The third-order valence-electron chi connectivity index (χ3n) is 2.11. The zero-order valence-corrected chi connectivity index (χ0v) is 12.2. The van der Waals surface area contributed by atoms with Gasteiger partial charge >= 0.3 is 5.97 Å². The number of methoxy groups -OCH3 is 1. The van der Waals surface area contributed by atoms with E-state index in [-0.39, 0.29) is 12.4 Å². The molecule has 0 fully saturated rings. The molecule has 0 heterocycles. The summed E-state index contributed by atoms with van der Waals surface area (Å²) >= 11 is 7.61. The Labute approximate surface area is 118 Å². The molecule has 0 aromatic heterocycles. The predicted molar refractivity (Wildman–Crippen MR) is 75.7 cm³/mol. The van der Waals surface area contributed by atoms with Crippen LogP contribution in [0.15, 0.2) is 18.2 Å². The van der Waals surface area contributed by atoms with Gasteiger partial charge in [-0.2, -0.15) is 0 Å². The average molecular weight is 370 g/mol. The van der Waals surface area contributed by atoms with E-state index >= 15 is 0 Å². The van der Waals surface area contributed by atoms with Crippen LogP contribution in [0.4, 0.5) is 5.69 Å². The monoisotopic (exact) mass is 369 g/mol. The van der Waals surface area contributed by atoms with Crippen LogP contribution >= 0.6 is 34.2 Å². The minimum Gasteiger partial charge on any atom is -0.465 e. The number of para-hydroxylation sites is 1. The van der Waals surface area contributed by atoms with Crippen LogP contribution in [-0.4, -0.2) is 36.7 Å². The van der Waals surface area contributed by atoms with E-state index < -0.39 is 12.1 Å². The molecule has 94 valence electrons. The third kappa shape index (κ3) is 4.01. The van der Waals surface area contributed by atoms with Gasteiger partial charge in [-0.3, -0.25) is 0 Å². The third-order valence-corrected chi connectivity index (χ3v) is 3.37. The van der Waals surface area contributed by atoms with Crippen molar-refractivity contribution in [1.29, 1.82) is 0 Å². The van der Waals surface area contributed by atoms with Gasteiger partial charge in [-0.15, -0.1) is 11.6 Å². The van der Waals surface area contributed by atoms with Crippen molar-refractivity contribution in [3.8, 4) is 0 Å². The Kier molecular flexibility index (Phi) is 6.01. The lowest BCUT2D eigenvalue weighted by Gasteiger charge is -2.14. The van der Waals surface area contributed by atoms with Gasteiger partial charge < -0.3 is 15.2 Å². The molecule has 0 aliphatic carbocycles. The number of hydrogen-bond donors (Lipinski definition) is 2. The van der Waals surface area contributed by atoms with Crippen molar-refractivity contribution in [2.45, 2.75) is 6.10 Å². The number of anilines is 1. The molecule has 1 unspecified atom stereocenters. The van der Waals surface area contributed by atoms with Crippen LogP contribution in [-0.2, 0) is 4.74 Å². The fourth-order valence-electron chi connectivity index (χ4n) is 1.26. The molecule has 1 rings (SSSR count). The average Bonchev–Trinajstić information content (AvgIpc) is 2.35. The summed E-state index contributed by atoms with van der Waals surface area (Å²) in [6.07, 6.45) is -0.654. The Bertz CT molecular complexity index is 400. The highest BCUT2D eigenvalue weighted by Gasteiger charge is 2.14. The second-order valence-electron chi connectivity index (χ2n) is 3.34. The fourth-order valence-corrected chi connectivity index (χ4v) is 2.06. The standard InChI is InChI=1S/C11H13ClINO3/c1-17-11(16)8-3-2-4-9(13)10(8)14-6-7(15)5-12/h2-4,7,14-15H,5-6H2,1H3. The van der Waals surface area contributed by atoms with Crippen LogP contribution in [0.1, 0.15) is 10.4 Å². The van der Waals surface area contributed by atoms with Crippen LogP contribution < -0.4 is 5.32 Å². The first kappa shape index (κ1) is 14.5. The lowest BCUT2D eigenvalue weighted by molar-refractivity contribution is 0.0601. The normalized spacial score (nSPS) is 12.0. The summed E-state index contributed by atoms with van der Waals surface area (Å²) in [6.45, 7) is 0.285. The topological polar surface area (TPSA) is 58.6 Å². The number of hydrogen-bond acceptors (Lipinski definition) is 4. The van der Waals surface area contributed by atoms with Gasteiger partial charge in [0, 0.05) is 10.1 Å². The van der Waals surface area contributed by atoms with Gasteiger partial charge in [0.15, 0.2) is 0 Å². The Morgan fingerprint density at radius 3 is 2.94 bits per heavy atom. The maximum atomic E-state index is 11.5. The molecule has 2 N–H and O–H groups in total. The number of nitrogens with one attached hydrogen (secondary N) is 1. The van der Waals surface area contributed by atoms with E-state index in [9.17, 15) is 9.90 Å². The molecule has 0 saturated carbocycles. The minimum atomic E-state index is -0.654. The number of alkyl halides is 1. The first-order valence-electron chi connectivity index (χ1n) is 4.95. The number of aliphatic hydroxyl groups is 1. The van der Waals surface area contributed by atoms with Gasteiger partial charge in [-0.25, -0.2) is 4.79 Å². The quantitative estimate of drug-likeness (QED) is 0.474. The number of aliphatic hydroxyl groups excluding tert-OH is 1. The Morgan fingerprint density at radius 2 is 2.35 bits per heavy atom. The second kappa shape index (κ2) is 7.03. The Morgan fingerprint density at radius 1 is 1.65 bits per heavy atom. The maximum Gasteiger partial charge on any atom is 0.340 e. The summed E-state index contributed by atoms with van der Waals surface area (Å²) in [5.74, 6) is -0.268. The summed E-state index contributed by atoms with van der Waals surface area (Å²) in [5.41, 5.74) is 1.10. The number of carbonyl (C=O) groups excluding carboxylic acids is 1. The van der Waals surface area contributed by atoms with E-state index in [1.165, 1.54) is 7.11 Å². The van der Waals surface area contributed by atoms with Crippen LogP contribution in [0, 0.1) is 3.57 Å². The first-order chi connectivity index (χ1) is 8.10. The summed E-state index contributed by atoms with van der Waals surface area (Å²) in [4.78, 5) is 11.5. The molecular weight excluding hydrogens is 356 g/mol. The highest BCUT2D eigenvalue weighted by Crippen LogP contribution is 2.23. The van der Waals surface area contributed by atoms with Crippen molar-refractivity contribution in [3.05, 3.63) is 27.3 Å². The number of rotatable bonds is 5. The number of esters is 1. The second-order valence-corrected chi connectivity index (χ2v) is 4.81. The summed E-state index contributed by atoms with van der Waals surface area (Å²) < 4.78 is 5.58. The van der Waals surface area contributed by atoms with E-state index in [4.69, 9.17) is 16.3 Å². The Hall–Kier alpha value is -0.530. The first-order valence-corrected chi connectivity index (χ1v) is 6.56. The SMILES string of the molecule is COC(=O)c1cccc(I)c1NCC(O)CCl. The summed E-state index contributed by atoms with van der Waals surface area (Å²) in [6, 6.07) is 5.31. The van der Waals surface area contributed by atoms with E-state index in [0.717, 1.165) is 3.57 Å². The molecule has 17 heavy (non-hydrogen) atoms. The van der Waals surface area contributed by atoms with E-state index in [0.29, 0.717) is 11.3 Å². The lowest BCUT2D eigenvalue weighted by Crippen LogP contribution is -2.22. The fraction of sp³-hybridized carbons (Fsp3) is 0.364. The smallest absolute Gasteiger partial charge is 0.340 e. The zero-order valence-electron chi connectivity index (χ0n) is 9.24.